The number of piperazine rings is 1. The number of benzene rings is 1. The fourth-order valence-electron chi connectivity index (χ4n) is 6.51. The van der Waals surface area contributed by atoms with Crippen LogP contribution in [-0.2, 0) is 4.79 Å². The first-order chi connectivity index (χ1) is 22.2. The van der Waals surface area contributed by atoms with Crippen LogP contribution in [0.4, 0.5) is 24.5 Å². The van der Waals surface area contributed by atoms with E-state index in [0.717, 1.165) is 0 Å². The quantitative estimate of drug-likeness (QED) is 0.148. The highest BCUT2D eigenvalue weighted by atomic mass is 35.5. The molecule has 0 bridgehead atoms. The number of nitrogens with zero attached hydrogens (tertiary/aromatic N) is 6. The number of amides is 1. The van der Waals surface area contributed by atoms with Crippen LogP contribution in [0.25, 0.3) is 28.0 Å². The van der Waals surface area contributed by atoms with E-state index in [1.807, 2.05) is 56.8 Å². The molecule has 2 N–H and O–H groups in total. The summed E-state index contributed by atoms with van der Waals surface area (Å²) in [5.41, 5.74) is 4.91. The molecular formula is C33H32Cl2F3N7O2. The zero-order valence-corrected chi connectivity index (χ0v) is 27.8. The topological polar surface area (TPSA) is 111 Å². The first-order valence-corrected chi connectivity index (χ1v) is 15.5. The molecule has 1 unspecified atom stereocenters. The molecule has 1 fully saturated rings. The molecule has 1 amide bonds. The maximum Gasteiger partial charge on any atom is 0.276 e. The maximum atomic E-state index is 14.8. The molecular weight excluding hydrogens is 654 g/mol. The number of nitrogens with two attached hydrogens (primary N) is 1. The summed E-state index contributed by atoms with van der Waals surface area (Å²) in [7, 11) is 1.85. The second-order valence-electron chi connectivity index (χ2n) is 12.0. The predicted molar refractivity (Wildman–Crippen MR) is 178 cm³/mol. The maximum absolute atomic E-state index is 14.8. The van der Waals surface area contributed by atoms with Gasteiger partial charge in [0.05, 0.1) is 38.9 Å². The zero-order chi connectivity index (χ0) is 34.6. The van der Waals surface area contributed by atoms with Crippen molar-refractivity contribution in [2.24, 2.45) is 5.92 Å². The molecule has 2 aliphatic rings. The van der Waals surface area contributed by atoms with Crippen LogP contribution < -0.4 is 16.2 Å². The molecule has 0 radical (unpaired) electrons. The number of likely N-dealkylation sites (N-methyl/N-ethyl adjacent to an activating group) is 1. The number of rotatable bonds is 5. The van der Waals surface area contributed by atoms with Gasteiger partial charge in [-0.1, -0.05) is 43.6 Å². The Morgan fingerprint density at radius 2 is 1.89 bits per heavy atom. The average molecular weight is 687 g/mol. The van der Waals surface area contributed by atoms with Gasteiger partial charge in [0.15, 0.2) is 17.5 Å². The van der Waals surface area contributed by atoms with Gasteiger partial charge < -0.3 is 20.4 Å². The highest BCUT2D eigenvalue weighted by Crippen LogP contribution is 2.44. The number of halogens is 5. The molecule has 0 aliphatic carbocycles. The van der Waals surface area contributed by atoms with Crippen LogP contribution in [0.1, 0.15) is 33.3 Å². The lowest BCUT2D eigenvalue weighted by Gasteiger charge is -2.41. The fraction of sp³-hybridized carbons (Fsp3) is 0.333. The Kier molecular flexibility index (Phi) is 9.10. The minimum Gasteiger partial charge on any atom is -0.396 e. The standard InChI is InChI=1S/C33H32Cl2F3N7O2/c1-7-21(46)44-11-10-43(14-17(44)5)31-18-12-20(34)28(22-23(35)24(36)25(37)26(38)27(22)40)41-32(18)45(33(47)19(31)13-39)30-16(4)8-9-42(6)29(30)15(2)3/h7-9,12,15,17,29H,1,10-11,14,40H2,2-6H3/t17-,29?/m1/s1. The molecule has 0 saturated carbocycles. The van der Waals surface area contributed by atoms with Gasteiger partial charge in [0.25, 0.3) is 5.56 Å². The van der Waals surface area contributed by atoms with Gasteiger partial charge in [-0.3, -0.25) is 14.2 Å². The summed E-state index contributed by atoms with van der Waals surface area (Å²) in [6.45, 7) is 12.0. The number of carbonyl (C=O) groups excluding carboxylic acids is 1. The lowest BCUT2D eigenvalue weighted by Crippen LogP contribution is -2.54. The summed E-state index contributed by atoms with van der Waals surface area (Å²) in [6.07, 6.45) is 4.92. The third kappa shape index (κ3) is 5.41. The third-order valence-electron chi connectivity index (χ3n) is 8.69. The molecule has 3 aromatic rings. The van der Waals surface area contributed by atoms with Crippen molar-refractivity contribution in [3.8, 4) is 17.3 Å². The predicted octanol–water partition coefficient (Wildman–Crippen LogP) is 6.18. The summed E-state index contributed by atoms with van der Waals surface area (Å²) in [4.78, 5) is 37.1. The van der Waals surface area contributed by atoms with Gasteiger partial charge in [0, 0.05) is 43.7 Å². The van der Waals surface area contributed by atoms with E-state index < -0.39 is 39.3 Å². The van der Waals surface area contributed by atoms with Gasteiger partial charge >= 0.3 is 0 Å². The monoisotopic (exact) mass is 685 g/mol. The SMILES string of the molecule is C=CC(=O)N1CCN(c2c(C#N)c(=O)n(C3=C(C)C=CN(C)C3C(C)C)c3nc(-c4c(N)c(F)c(F)c(F)c4Cl)c(Cl)cc23)C[C@H]1C. The van der Waals surface area contributed by atoms with E-state index in [4.69, 9.17) is 33.9 Å². The van der Waals surface area contributed by atoms with Crippen molar-refractivity contribution >= 4 is 57.2 Å². The number of hydrogen-bond donors (Lipinski definition) is 1. The molecule has 5 rings (SSSR count). The molecule has 9 nitrogen and oxygen atoms in total. The number of nitriles is 1. The van der Waals surface area contributed by atoms with Gasteiger partial charge in [-0.15, -0.1) is 0 Å². The number of anilines is 2. The number of fused-ring (bicyclic) bond motifs is 1. The normalized spacial score (nSPS) is 18.4. The van der Waals surface area contributed by atoms with E-state index in [1.165, 1.54) is 16.7 Å². The molecule has 2 atom stereocenters. The van der Waals surface area contributed by atoms with E-state index in [-0.39, 0.29) is 76.5 Å². The second-order valence-corrected chi connectivity index (χ2v) is 12.8. The van der Waals surface area contributed by atoms with Gasteiger partial charge in [0.2, 0.25) is 5.91 Å². The lowest BCUT2D eigenvalue weighted by atomic mass is 9.93. The van der Waals surface area contributed by atoms with E-state index in [9.17, 15) is 28.0 Å². The average Bonchev–Trinajstić information content (AvgIpc) is 3.03. The van der Waals surface area contributed by atoms with Crippen molar-refractivity contribution < 1.29 is 18.0 Å². The molecule has 246 valence electrons. The van der Waals surface area contributed by atoms with Gasteiger partial charge in [-0.2, -0.15) is 5.26 Å². The number of nitrogen functional groups attached to an aromatic ring is 1. The molecule has 2 aliphatic heterocycles. The number of carbonyl (C=O) groups is 1. The Morgan fingerprint density at radius 1 is 1.21 bits per heavy atom. The number of aromatic nitrogens is 2. The Bertz CT molecular complexity index is 1990. The number of hydrogen-bond acceptors (Lipinski definition) is 7. The van der Waals surface area contributed by atoms with E-state index in [0.29, 0.717) is 11.3 Å². The largest absolute Gasteiger partial charge is 0.396 e. The molecule has 1 saturated heterocycles. The first-order valence-electron chi connectivity index (χ1n) is 14.8. The Balaban J connectivity index is 1.92. The first kappa shape index (κ1) is 33.9. The van der Waals surface area contributed by atoms with Crippen LogP contribution in [0.5, 0.6) is 0 Å². The van der Waals surface area contributed by atoms with Crippen LogP contribution >= 0.6 is 23.2 Å². The van der Waals surface area contributed by atoms with E-state index >= 15 is 0 Å². The van der Waals surface area contributed by atoms with Crippen molar-refractivity contribution in [3.05, 3.63) is 80.0 Å². The summed E-state index contributed by atoms with van der Waals surface area (Å²) in [6, 6.07) is 2.83. The molecule has 47 heavy (non-hydrogen) atoms. The molecule has 1 aromatic carbocycles. The van der Waals surface area contributed by atoms with Crippen molar-refractivity contribution in [2.45, 2.75) is 39.8 Å². The zero-order valence-electron chi connectivity index (χ0n) is 26.3. The second kappa shape index (κ2) is 12.6. The van der Waals surface area contributed by atoms with Crippen molar-refractivity contribution in [1.29, 1.82) is 5.26 Å². The highest BCUT2D eigenvalue weighted by Gasteiger charge is 2.35. The Morgan fingerprint density at radius 3 is 2.49 bits per heavy atom. The molecule has 4 heterocycles. The number of pyridine rings is 2. The van der Waals surface area contributed by atoms with Crippen molar-refractivity contribution in [1.82, 2.24) is 19.4 Å². The van der Waals surface area contributed by atoms with Crippen LogP contribution in [0, 0.1) is 34.7 Å². The van der Waals surface area contributed by atoms with Crippen LogP contribution in [0.3, 0.4) is 0 Å². The minimum absolute atomic E-state index is 0.00459. The van der Waals surface area contributed by atoms with Crippen molar-refractivity contribution in [2.75, 3.05) is 37.3 Å². The highest BCUT2D eigenvalue weighted by molar-refractivity contribution is 6.37. The van der Waals surface area contributed by atoms with E-state index in [1.54, 1.807) is 4.90 Å². The molecule has 2 aromatic heterocycles. The van der Waals surface area contributed by atoms with Crippen molar-refractivity contribution in [3.63, 3.8) is 0 Å². The van der Waals surface area contributed by atoms with Gasteiger partial charge in [-0.05, 0) is 49.8 Å². The summed E-state index contributed by atoms with van der Waals surface area (Å²) in [5, 5.41) is 9.76. The van der Waals surface area contributed by atoms with Crippen LogP contribution in [0.15, 0.2) is 41.4 Å². The minimum atomic E-state index is -1.85. The van der Waals surface area contributed by atoms with Gasteiger partial charge in [-0.25, -0.2) is 18.2 Å². The summed E-state index contributed by atoms with van der Waals surface area (Å²) in [5.74, 6) is -5.49. The van der Waals surface area contributed by atoms with Crippen LogP contribution in [-0.4, -0.2) is 64.0 Å². The lowest BCUT2D eigenvalue weighted by molar-refractivity contribution is -0.128. The Hall–Kier alpha value is -4.47. The van der Waals surface area contributed by atoms with E-state index in [2.05, 4.69) is 12.6 Å². The van der Waals surface area contributed by atoms with Crippen LogP contribution in [0.2, 0.25) is 10.0 Å². The smallest absolute Gasteiger partial charge is 0.276 e. The molecule has 0 spiro atoms. The van der Waals surface area contributed by atoms with Gasteiger partial charge in [0.1, 0.15) is 17.3 Å². The fourth-order valence-corrected chi connectivity index (χ4v) is 7.03. The summed E-state index contributed by atoms with van der Waals surface area (Å²) < 4.78 is 45.1. The summed E-state index contributed by atoms with van der Waals surface area (Å²) >= 11 is 12.9. The third-order valence-corrected chi connectivity index (χ3v) is 9.33. The molecule has 14 heteroatoms. The Labute approximate surface area is 279 Å². The number of allylic oxidation sites excluding steroid dienone is 2.